The molecule has 7 heteroatoms. The second-order valence-corrected chi connectivity index (χ2v) is 6.70. The summed E-state index contributed by atoms with van der Waals surface area (Å²) in [6.07, 6.45) is 5.65. The molecule has 0 unspecified atom stereocenters. The van der Waals surface area contributed by atoms with Crippen LogP contribution >= 0.6 is 0 Å². The maximum atomic E-state index is 12.6. The Kier molecular flexibility index (Phi) is 4.60. The van der Waals surface area contributed by atoms with Crippen molar-refractivity contribution >= 4 is 16.9 Å². The van der Waals surface area contributed by atoms with Crippen molar-refractivity contribution in [2.75, 3.05) is 13.1 Å². The van der Waals surface area contributed by atoms with Gasteiger partial charge in [-0.25, -0.2) is 9.78 Å². The van der Waals surface area contributed by atoms with E-state index >= 15 is 0 Å². The van der Waals surface area contributed by atoms with E-state index in [1.807, 2.05) is 27.9 Å². The lowest BCUT2D eigenvalue weighted by molar-refractivity contribution is 0.178. The number of para-hydroxylation sites is 1. The molecule has 7 nitrogen and oxygen atoms in total. The number of rotatable bonds is 4. The molecule has 1 atom stereocenters. The number of nitrogens with one attached hydrogen (secondary N) is 2. The lowest BCUT2D eigenvalue weighted by Crippen LogP contribution is -2.44. The van der Waals surface area contributed by atoms with Crippen molar-refractivity contribution in [2.45, 2.75) is 38.8 Å². The Morgan fingerprint density at radius 1 is 1.38 bits per heavy atom. The molecule has 136 valence electrons. The van der Waals surface area contributed by atoms with Crippen LogP contribution in [0.5, 0.6) is 0 Å². The second-order valence-electron chi connectivity index (χ2n) is 6.70. The molecule has 3 heterocycles. The largest absolute Gasteiger partial charge is 0.348 e. The molecule has 1 fully saturated rings. The number of benzene rings is 1. The van der Waals surface area contributed by atoms with Crippen LogP contribution in [-0.2, 0) is 13.1 Å². The number of carbonyl (C=O) groups is 1. The number of aromatic amines is 1. The standard InChI is InChI=1S/C19H24N6O/c1-2-25-17-8-4-3-7-15(17)16(23-25)12-22-19(26)24-11-5-6-14(13-24)18-20-9-10-21-18/h3-4,7-10,14H,2,5-6,11-13H2,1H3,(H,20,21)(H,22,26)/t14-/m1/s1. The summed E-state index contributed by atoms with van der Waals surface area (Å²) in [7, 11) is 0. The van der Waals surface area contributed by atoms with Crippen molar-refractivity contribution < 1.29 is 4.79 Å². The molecular formula is C19H24N6O. The van der Waals surface area contributed by atoms with Crippen molar-refractivity contribution in [3.05, 3.63) is 48.2 Å². The molecule has 0 radical (unpaired) electrons. The van der Waals surface area contributed by atoms with Crippen molar-refractivity contribution in [1.29, 1.82) is 0 Å². The summed E-state index contributed by atoms with van der Waals surface area (Å²) >= 11 is 0. The van der Waals surface area contributed by atoms with Gasteiger partial charge in [-0.1, -0.05) is 18.2 Å². The Labute approximate surface area is 152 Å². The molecule has 1 aliphatic rings. The van der Waals surface area contributed by atoms with Crippen LogP contribution in [-0.4, -0.2) is 43.8 Å². The third kappa shape index (κ3) is 3.16. The lowest BCUT2D eigenvalue weighted by Gasteiger charge is -2.31. The minimum Gasteiger partial charge on any atom is -0.348 e. The molecule has 1 saturated heterocycles. The zero-order valence-electron chi connectivity index (χ0n) is 15.0. The number of hydrogen-bond donors (Lipinski definition) is 2. The van der Waals surface area contributed by atoms with Gasteiger partial charge in [0.2, 0.25) is 0 Å². The van der Waals surface area contributed by atoms with Gasteiger partial charge in [-0.05, 0) is 25.8 Å². The number of fused-ring (bicyclic) bond motifs is 1. The Balaban J connectivity index is 1.42. The van der Waals surface area contributed by atoms with Crippen LogP contribution in [0.1, 0.15) is 37.2 Å². The van der Waals surface area contributed by atoms with E-state index in [4.69, 9.17) is 0 Å². The average molecular weight is 352 g/mol. The molecule has 3 aromatic rings. The van der Waals surface area contributed by atoms with E-state index in [2.05, 4.69) is 39.4 Å². The average Bonchev–Trinajstić information content (AvgIpc) is 3.34. The Bertz CT molecular complexity index is 885. The van der Waals surface area contributed by atoms with Crippen LogP contribution in [0.2, 0.25) is 0 Å². The van der Waals surface area contributed by atoms with Crippen LogP contribution < -0.4 is 5.32 Å². The van der Waals surface area contributed by atoms with Crippen LogP contribution in [0, 0.1) is 0 Å². The number of piperidine rings is 1. The number of H-pyrrole nitrogens is 1. The summed E-state index contributed by atoms with van der Waals surface area (Å²) in [4.78, 5) is 22.1. The zero-order valence-corrected chi connectivity index (χ0v) is 15.0. The fraction of sp³-hybridized carbons (Fsp3) is 0.421. The van der Waals surface area contributed by atoms with E-state index in [0.717, 1.165) is 48.4 Å². The molecule has 2 aromatic heterocycles. The molecule has 26 heavy (non-hydrogen) atoms. The summed E-state index contributed by atoms with van der Waals surface area (Å²) in [5, 5.41) is 8.79. The predicted molar refractivity (Wildman–Crippen MR) is 99.8 cm³/mol. The summed E-state index contributed by atoms with van der Waals surface area (Å²) in [5.74, 6) is 1.25. The van der Waals surface area contributed by atoms with Gasteiger partial charge in [-0.2, -0.15) is 5.10 Å². The number of urea groups is 1. The van der Waals surface area contributed by atoms with Crippen LogP contribution in [0.4, 0.5) is 4.79 Å². The minimum atomic E-state index is -0.0311. The van der Waals surface area contributed by atoms with Crippen LogP contribution in [0.25, 0.3) is 10.9 Å². The van der Waals surface area contributed by atoms with Crippen LogP contribution in [0.15, 0.2) is 36.7 Å². The SMILES string of the molecule is CCn1nc(CNC(=O)N2CCC[C@@H](c3ncc[nH]3)C2)c2ccccc21. The molecule has 4 rings (SSSR count). The summed E-state index contributed by atoms with van der Waals surface area (Å²) in [6, 6.07) is 8.12. The van der Waals surface area contributed by atoms with Gasteiger partial charge in [0, 0.05) is 43.3 Å². The topological polar surface area (TPSA) is 78.8 Å². The van der Waals surface area contributed by atoms with Gasteiger partial charge >= 0.3 is 6.03 Å². The minimum absolute atomic E-state index is 0.0311. The molecule has 0 aliphatic carbocycles. The van der Waals surface area contributed by atoms with Gasteiger partial charge < -0.3 is 15.2 Å². The first kappa shape index (κ1) is 16.6. The van der Waals surface area contributed by atoms with E-state index in [-0.39, 0.29) is 11.9 Å². The van der Waals surface area contributed by atoms with E-state index in [1.165, 1.54) is 0 Å². The summed E-state index contributed by atoms with van der Waals surface area (Å²) < 4.78 is 1.98. The number of likely N-dealkylation sites (tertiary alicyclic amines) is 1. The number of imidazole rings is 1. The number of nitrogens with zero attached hydrogens (tertiary/aromatic N) is 4. The smallest absolute Gasteiger partial charge is 0.317 e. The van der Waals surface area contributed by atoms with E-state index in [1.54, 1.807) is 6.20 Å². The van der Waals surface area contributed by atoms with Gasteiger partial charge in [0.25, 0.3) is 0 Å². The maximum Gasteiger partial charge on any atom is 0.317 e. The van der Waals surface area contributed by atoms with Crippen molar-refractivity contribution in [1.82, 2.24) is 30.0 Å². The first-order valence-corrected chi connectivity index (χ1v) is 9.22. The highest BCUT2D eigenvalue weighted by Gasteiger charge is 2.26. The quantitative estimate of drug-likeness (QED) is 0.758. The highest BCUT2D eigenvalue weighted by atomic mass is 16.2. The fourth-order valence-electron chi connectivity index (χ4n) is 3.72. The molecule has 0 saturated carbocycles. The molecule has 0 bridgehead atoms. The highest BCUT2D eigenvalue weighted by Crippen LogP contribution is 2.24. The van der Waals surface area contributed by atoms with Crippen molar-refractivity contribution in [3.8, 4) is 0 Å². The Hall–Kier alpha value is -2.83. The van der Waals surface area contributed by atoms with E-state index in [0.29, 0.717) is 13.1 Å². The second kappa shape index (κ2) is 7.19. The van der Waals surface area contributed by atoms with Crippen molar-refractivity contribution in [3.63, 3.8) is 0 Å². The highest BCUT2D eigenvalue weighted by molar-refractivity contribution is 5.82. The first-order valence-electron chi connectivity index (χ1n) is 9.22. The number of aryl methyl sites for hydroxylation is 1. The van der Waals surface area contributed by atoms with Gasteiger partial charge in [-0.3, -0.25) is 4.68 Å². The predicted octanol–water partition coefficient (Wildman–Crippen LogP) is 2.87. The Morgan fingerprint density at radius 2 is 2.27 bits per heavy atom. The lowest BCUT2D eigenvalue weighted by atomic mass is 9.98. The number of hydrogen-bond acceptors (Lipinski definition) is 3. The maximum absolute atomic E-state index is 12.6. The molecule has 2 amide bonds. The molecule has 2 N–H and O–H groups in total. The number of aromatic nitrogens is 4. The van der Waals surface area contributed by atoms with E-state index < -0.39 is 0 Å². The third-order valence-electron chi connectivity index (χ3n) is 5.06. The van der Waals surface area contributed by atoms with Gasteiger partial charge in [-0.15, -0.1) is 0 Å². The van der Waals surface area contributed by atoms with E-state index in [9.17, 15) is 4.79 Å². The number of carbonyl (C=O) groups excluding carboxylic acids is 1. The van der Waals surface area contributed by atoms with Crippen molar-refractivity contribution in [2.24, 2.45) is 0 Å². The monoisotopic (exact) mass is 352 g/mol. The third-order valence-corrected chi connectivity index (χ3v) is 5.06. The summed E-state index contributed by atoms with van der Waals surface area (Å²) in [6.45, 7) is 4.81. The zero-order chi connectivity index (χ0) is 17.9. The fourth-order valence-corrected chi connectivity index (χ4v) is 3.72. The Morgan fingerprint density at radius 3 is 3.08 bits per heavy atom. The summed E-state index contributed by atoms with van der Waals surface area (Å²) in [5.41, 5.74) is 2.02. The molecule has 1 aliphatic heterocycles. The van der Waals surface area contributed by atoms with Gasteiger partial charge in [0.15, 0.2) is 0 Å². The molecule has 0 spiro atoms. The van der Waals surface area contributed by atoms with Gasteiger partial charge in [0.1, 0.15) is 5.82 Å². The molecule has 1 aromatic carbocycles. The van der Waals surface area contributed by atoms with Crippen LogP contribution in [0.3, 0.4) is 0 Å². The van der Waals surface area contributed by atoms with Gasteiger partial charge in [0.05, 0.1) is 17.8 Å². The first-order chi connectivity index (χ1) is 12.8. The number of amides is 2. The molecular weight excluding hydrogens is 328 g/mol. The normalized spacial score (nSPS) is 17.6.